The molecule has 0 amide bonds. The minimum Gasteiger partial charge on any atom is -0.383 e. The summed E-state index contributed by atoms with van der Waals surface area (Å²) in [7, 11) is 2.25. The summed E-state index contributed by atoms with van der Waals surface area (Å²) >= 11 is 0. The van der Waals surface area contributed by atoms with E-state index in [1.165, 1.54) is 55.6 Å². The third-order valence-electron chi connectivity index (χ3n) is 4.79. The Labute approximate surface area is 110 Å². The lowest BCUT2D eigenvalue weighted by atomic mass is 9.74. The average molecular weight is 244 g/mol. The summed E-state index contributed by atoms with van der Waals surface area (Å²) in [4.78, 5) is 2.47. The number of rotatable bonds is 0. The zero-order chi connectivity index (χ0) is 12.6. The van der Waals surface area contributed by atoms with Crippen molar-refractivity contribution in [2.75, 3.05) is 30.4 Å². The van der Waals surface area contributed by atoms with E-state index in [0.717, 1.165) is 6.54 Å². The number of nitrogens with zero attached hydrogens (tertiary/aromatic N) is 1. The molecule has 1 fully saturated rings. The molecule has 0 atom stereocenters. The summed E-state index contributed by atoms with van der Waals surface area (Å²) in [5.41, 5.74) is 4.59. The molecule has 1 aromatic carbocycles. The van der Waals surface area contributed by atoms with Crippen LogP contribution in [0.5, 0.6) is 0 Å². The first-order valence-electron chi connectivity index (χ1n) is 7.25. The highest BCUT2D eigenvalue weighted by Crippen LogP contribution is 2.42. The van der Waals surface area contributed by atoms with Crippen molar-refractivity contribution >= 4 is 11.4 Å². The van der Waals surface area contributed by atoms with Gasteiger partial charge in [0, 0.05) is 25.6 Å². The molecule has 1 spiro atoms. The predicted octanol–water partition coefficient (Wildman–Crippen LogP) is 3.81. The molecule has 3 rings (SSSR count). The van der Waals surface area contributed by atoms with Gasteiger partial charge in [0.05, 0.1) is 11.4 Å². The Balaban J connectivity index is 1.92. The lowest BCUT2D eigenvalue weighted by molar-refractivity contribution is 0.215. The standard InChI is InChI=1S/C16H24N2/c1-13-7-6-8-14-15(13)17-11-16(12-18(14)2)9-4-3-5-10-16/h6-8,17H,3-5,9-12H2,1-2H3. The first-order valence-corrected chi connectivity index (χ1v) is 7.25. The molecule has 2 nitrogen and oxygen atoms in total. The maximum absolute atomic E-state index is 3.74. The van der Waals surface area contributed by atoms with Crippen LogP contribution in [0.2, 0.25) is 0 Å². The van der Waals surface area contributed by atoms with Crippen molar-refractivity contribution in [3.05, 3.63) is 23.8 Å². The third-order valence-corrected chi connectivity index (χ3v) is 4.79. The second kappa shape index (κ2) is 4.49. The Kier molecular flexibility index (Phi) is 2.96. The zero-order valence-electron chi connectivity index (χ0n) is 11.6. The summed E-state index contributed by atoms with van der Waals surface area (Å²) in [5, 5.41) is 3.74. The summed E-state index contributed by atoms with van der Waals surface area (Å²) in [6.07, 6.45) is 7.02. The summed E-state index contributed by atoms with van der Waals surface area (Å²) < 4.78 is 0. The molecule has 1 aliphatic carbocycles. The Morgan fingerprint density at radius 3 is 2.72 bits per heavy atom. The molecule has 1 aliphatic heterocycles. The van der Waals surface area contributed by atoms with Gasteiger partial charge in [-0.1, -0.05) is 31.4 Å². The van der Waals surface area contributed by atoms with E-state index >= 15 is 0 Å². The van der Waals surface area contributed by atoms with Crippen LogP contribution >= 0.6 is 0 Å². The summed E-state index contributed by atoms with van der Waals surface area (Å²) in [6, 6.07) is 6.63. The van der Waals surface area contributed by atoms with Gasteiger partial charge in [-0.25, -0.2) is 0 Å². The molecule has 18 heavy (non-hydrogen) atoms. The van der Waals surface area contributed by atoms with Crippen LogP contribution in [0, 0.1) is 12.3 Å². The molecule has 2 heteroatoms. The van der Waals surface area contributed by atoms with E-state index in [1.807, 2.05) is 0 Å². The lowest BCUT2D eigenvalue weighted by Gasteiger charge is -2.38. The fraction of sp³-hybridized carbons (Fsp3) is 0.625. The number of fused-ring (bicyclic) bond motifs is 1. The fourth-order valence-corrected chi connectivity index (χ4v) is 3.76. The molecule has 1 aromatic rings. The highest BCUT2D eigenvalue weighted by molar-refractivity contribution is 5.74. The van der Waals surface area contributed by atoms with Crippen molar-refractivity contribution in [2.24, 2.45) is 5.41 Å². The van der Waals surface area contributed by atoms with Crippen molar-refractivity contribution in [3.63, 3.8) is 0 Å². The van der Waals surface area contributed by atoms with Gasteiger partial charge < -0.3 is 10.2 Å². The van der Waals surface area contributed by atoms with Gasteiger partial charge in [-0.3, -0.25) is 0 Å². The smallest absolute Gasteiger partial charge is 0.0607 e. The van der Waals surface area contributed by atoms with Crippen LogP contribution in [0.25, 0.3) is 0 Å². The van der Waals surface area contributed by atoms with Crippen molar-refractivity contribution in [3.8, 4) is 0 Å². The maximum atomic E-state index is 3.74. The molecule has 0 aromatic heterocycles. The van der Waals surface area contributed by atoms with Gasteiger partial charge in [-0.15, -0.1) is 0 Å². The van der Waals surface area contributed by atoms with Crippen molar-refractivity contribution in [2.45, 2.75) is 39.0 Å². The Morgan fingerprint density at radius 2 is 1.94 bits per heavy atom. The number of para-hydroxylation sites is 1. The SMILES string of the molecule is Cc1cccc2c1NCC1(CCCCC1)CN2C. The van der Waals surface area contributed by atoms with E-state index in [9.17, 15) is 0 Å². The van der Waals surface area contributed by atoms with Gasteiger partial charge in [-0.05, 0) is 31.4 Å². The van der Waals surface area contributed by atoms with Crippen molar-refractivity contribution in [1.82, 2.24) is 0 Å². The van der Waals surface area contributed by atoms with Crippen molar-refractivity contribution < 1.29 is 0 Å². The quantitative estimate of drug-likeness (QED) is 0.746. The number of benzene rings is 1. The van der Waals surface area contributed by atoms with Crippen LogP contribution in [0.1, 0.15) is 37.7 Å². The van der Waals surface area contributed by atoms with Crippen LogP contribution in [0.4, 0.5) is 11.4 Å². The normalized spacial score (nSPS) is 22.2. The Hall–Kier alpha value is -1.18. The van der Waals surface area contributed by atoms with Crippen LogP contribution < -0.4 is 10.2 Å². The molecule has 1 N–H and O–H groups in total. The number of hydrogen-bond donors (Lipinski definition) is 1. The first-order chi connectivity index (χ1) is 8.70. The second-order valence-electron chi connectivity index (χ2n) is 6.24. The molecular weight excluding hydrogens is 220 g/mol. The maximum Gasteiger partial charge on any atom is 0.0607 e. The third kappa shape index (κ3) is 1.98. The number of anilines is 2. The molecule has 98 valence electrons. The van der Waals surface area contributed by atoms with E-state index in [4.69, 9.17) is 0 Å². The van der Waals surface area contributed by atoms with Gasteiger partial charge in [-0.2, -0.15) is 0 Å². The van der Waals surface area contributed by atoms with E-state index in [1.54, 1.807) is 0 Å². The first kappa shape index (κ1) is 11.9. The van der Waals surface area contributed by atoms with Gasteiger partial charge >= 0.3 is 0 Å². The minimum absolute atomic E-state index is 0.498. The van der Waals surface area contributed by atoms with E-state index in [2.05, 4.69) is 42.4 Å². The number of nitrogens with one attached hydrogen (secondary N) is 1. The molecule has 0 unspecified atom stereocenters. The number of aryl methyl sites for hydroxylation is 1. The lowest BCUT2D eigenvalue weighted by Crippen LogP contribution is -2.40. The molecule has 0 radical (unpaired) electrons. The summed E-state index contributed by atoms with van der Waals surface area (Å²) in [6.45, 7) is 4.56. The van der Waals surface area contributed by atoms with Gasteiger partial charge in [0.2, 0.25) is 0 Å². The molecular formula is C16H24N2. The van der Waals surface area contributed by atoms with E-state index < -0.39 is 0 Å². The monoisotopic (exact) mass is 244 g/mol. The average Bonchev–Trinajstić information content (AvgIpc) is 2.50. The highest BCUT2D eigenvalue weighted by Gasteiger charge is 2.35. The predicted molar refractivity (Wildman–Crippen MR) is 78.5 cm³/mol. The summed E-state index contributed by atoms with van der Waals surface area (Å²) in [5.74, 6) is 0. The Bertz CT molecular complexity index is 433. The molecule has 0 bridgehead atoms. The van der Waals surface area contributed by atoms with Crippen LogP contribution in [-0.4, -0.2) is 20.1 Å². The largest absolute Gasteiger partial charge is 0.383 e. The van der Waals surface area contributed by atoms with Gasteiger partial charge in [0.25, 0.3) is 0 Å². The van der Waals surface area contributed by atoms with Gasteiger partial charge in [0.15, 0.2) is 0 Å². The van der Waals surface area contributed by atoms with Gasteiger partial charge in [0.1, 0.15) is 0 Å². The van der Waals surface area contributed by atoms with Crippen LogP contribution in [0.3, 0.4) is 0 Å². The molecule has 2 aliphatic rings. The molecule has 1 heterocycles. The fourth-order valence-electron chi connectivity index (χ4n) is 3.76. The highest BCUT2D eigenvalue weighted by atomic mass is 15.2. The molecule has 1 saturated carbocycles. The zero-order valence-corrected chi connectivity index (χ0v) is 11.6. The minimum atomic E-state index is 0.498. The molecule has 0 saturated heterocycles. The van der Waals surface area contributed by atoms with Crippen LogP contribution in [0.15, 0.2) is 18.2 Å². The van der Waals surface area contributed by atoms with Crippen LogP contribution in [-0.2, 0) is 0 Å². The van der Waals surface area contributed by atoms with E-state index in [0.29, 0.717) is 5.41 Å². The second-order valence-corrected chi connectivity index (χ2v) is 6.24. The number of hydrogen-bond acceptors (Lipinski definition) is 2. The van der Waals surface area contributed by atoms with Crippen molar-refractivity contribution in [1.29, 1.82) is 0 Å². The Morgan fingerprint density at radius 1 is 1.17 bits per heavy atom. The topological polar surface area (TPSA) is 15.3 Å². The van der Waals surface area contributed by atoms with E-state index in [-0.39, 0.29) is 0 Å².